The number of halogens is 2. The van der Waals surface area contributed by atoms with Crippen molar-refractivity contribution in [2.75, 3.05) is 18.8 Å². The lowest BCUT2D eigenvalue weighted by Gasteiger charge is -2.38. The molecule has 0 aliphatic carbocycles. The maximum atomic E-state index is 14.8. The van der Waals surface area contributed by atoms with Crippen molar-refractivity contribution in [3.63, 3.8) is 0 Å². The average molecular weight is 488 g/mol. The summed E-state index contributed by atoms with van der Waals surface area (Å²) in [5.41, 5.74) is 7.28. The molecule has 1 fully saturated rings. The first-order valence-corrected chi connectivity index (χ1v) is 11.1. The highest BCUT2D eigenvalue weighted by Crippen LogP contribution is 2.34. The van der Waals surface area contributed by atoms with E-state index in [9.17, 15) is 13.6 Å². The van der Waals surface area contributed by atoms with E-state index in [2.05, 4.69) is 25.2 Å². The van der Waals surface area contributed by atoms with Crippen molar-refractivity contribution in [1.29, 1.82) is 0 Å². The molecule has 1 saturated heterocycles. The zero-order valence-corrected chi connectivity index (χ0v) is 18.7. The first-order chi connectivity index (χ1) is 17.5. The maximum Gasteiger partial charge on any atom is 0.260 e. The second-order valence-electron chi connectivity index (χ2n) is 8.43. The van der Waals surface area contributed by atoms with Gasteiger partial charge in [0.25, 0.3) is 11.8 Å². The van der Waals surface area contributed by atoms with Gasteiger partial charge in [0.15, 0.2) is 11.6 Å². The molecule has 0 bridgehead atoms. The predicted octanol–water partition coefficient (Wildman–Crippen LogP) is 3.02. The van der Waals surface area contributed by atoms with Crippen molar-refractivity contribution in [1.82, 2.24) is 34.8 Å². The van der Waals surface area contributed by atoms with Crippen LogP contribution in [0.25, 0.3) is 22.4 Å². The van der Waals surface area contributed by atoms with Crippen LogP contribution in [0.1, 0.15) is 27.8 Å². The third-order valence-corrected chi connectivity index (χ3v) is 6.09. The molecule has 1 amide bonds. The van der Waals surface area contributed by atoms with Crippen LogP contribution in [0.5, 0.6) is 0 Å². The molecule has 0 unspecified atom stereocenters. The van der Waals surface area contributed by atoms with Gasteiger partial charge in [0.2, 0.25) is 0 Å². The minimum atomic E-state index is -0.513. The van der Waals surface area contributed by atoms with Gasteiger partial charge in [0, 0.05) is 30.8 Å². The fourth-order valence-electron chi connectivity index (χ4n) is 4.29. The van der Waals surface area contributed by atoms with Gasteiger partial charge in [0.1, 0.15) is 18.2 Å². The molecule has 4 aromatic heterocycles. The molecule has 0 saturated carbocycles. The number of anilines is 1. The minimum absolute atomic E-state index is 0.0361. The topological polar surface area (TPSA) is 129 Å². The van der Waals surface area contributed by atoms with E-state index in [4.69, 9.17) is 10.3 Å². The highest BCUT2D eigenvalue weighted by atomic mass is 19.1. The third kappa shape index (κ3) is 3.72. The first-order valence-electron chi connectivity index (χ1n) is 11.1. The zero-order valence-electron chi connectivity index (χ0n) is 18.7. The molecule has 5 aromatic rings. The Morgan fingerprint density at radius 3 is 2.78 bits per heavy atom. The molecule has 10 nitrogen and oxygen atoms in total. The molecule has 0 spiro atoms. The predicted molar refractivity (Wildman–Crippen MR) is 124 cm³/mol. The Kier molecular flexibility index (Phi) is 5.13. The Hall–Kier alpha value is -4.74. The summed E-state index contributed by atoms with van der Waals surface area (Å²) in [5.74, 6) is -0.809. The van der Waals surface area contributed by atoms with Gasteiger partial charge in [-0.1, -0.05) is 17.3 Å². The summed E-state index contributed by atoms with van der Waals surface area (Å²) in [6.45, 7) is 0.800. The summed E-state index contributed by atoms with van der Waals surface area (Å²) >= 11 is 0. The van der Waals surface area contributed by atoms with Gasteiger partial charge in [-0.2, -0.15) is 10.1 Å². The number of hydrogen-bond acceptors (Lipinski definition) is 8. The van der Waals surface area contributed by atoms with E-state index in [1.165, 1.54) is 35.3 Å². The lowest BCUT2D eigenvalue weighted by atomic mass is 9.93. The number of fused-ring (bicyclic) bond motifs is 1. The number of pyridine rings is 2. The van der Waals surface area contributed by atoms with Gasteiger partial charge >= 0.3 is 0 Å². The molecule has 180 valence electrons. The van der Waals surface area contributed by atoms with Crippen LogP contribution < -0.4 is 5.73 Å². The molecule has 5 heterocycles. The number of nitrogens with zero attached hydrogens (tertiary/aromatic N) is 7. The van der Waals surface area contributed by atoms with Crippen molar-refractivity contribution in [3.05, 3.63) is 83.7 Å². The van der Waals surface area contributed by atoms with Crippen molar-refractivity contribution < 1.29 is 18.1 Å². The van der Waals surface area contributed by atoms with Crippen LogP contribution in [0, 0.1) is 11.6 Å². The van der Waals surface area contributed by atoms with E-state index in [-0.39, 0.29) is 41.5 Å². The molecule has 1 aliphatic heterocycles. The quantitative estimate of drug-likeness (QED) is 0.400. The van der Waals surface area contributed by atoms with E-state index in [1.807, 2.05) is 0 Å². The number of rotatable bonds is 5. The van der Waals surface area contributed by atoms with Gasteiger partial charge < -0.3 is 15.2 Å². The molecule has 1 aromatic carbocycles. The Labute approximate surface area is 202 Å². The van der Waals surface area contributed by atoms with E-state index in [1.54, 1.807) is 23.1 Å². The fraction of sp³-hybridized carbons (Fsp3) is 0.167. The third-order valence-electron chi connectivity index (χ3n) is 6.09. The highest BCUT2D eigenvalue weighted by Gasteiger charge is 2.36. The standard InChI is InChI=1S/C24H18F2N8O2/c25-16-4-2-1-3-15(16)23-30-20(32-36-23)12-34-18-9-28-8-17(26)21(18)22(31-34)14-10-33(11-14)24(35)13-5-6-29-19(27)7-13/h1-9,14H,10-12H2,(H2,27,29). The lowest BCUT2D eigenvalue weighted by molar-refractivity contribution is 0.0599. The monoisotopic (exact) mass is 488 g/mol. The second-order valence-corrected chi connectivity index (χ2v) is 8.43. The summed E-state index contributed by atoms with van der Waals surface area (Å²) in [4.78, 5) is 26.5. The molecule has 1 aliphatic rings. The number of carbonyl (C=O) groups excluding carboxylic acids is 1. The molecule has 0 radical (unpaired) electrons. The summed E-state index contributed by atoms with van der Waals surface area (Å²) < 4.78 is 35.7. The van der Waals surface area contributed by atoms with E-state index in [0.29, 0.717) is 35.2 Å². The number of benzene rings is 1. The molecular weight excluding hydrogens is 470 g/mol. The number of hydrogen-bond donors (Lipinski definition) is 1. The van der Waals surface area contributed by atoms with Gasteiger partial charge in [-0.15, -0.1) is 0 Å². The molecule has 2 N–H and O–H groups in total. The Balaban J connectivity index is 1.26. The summed E-state index contributed by atoms with van der Waals surface area (Å²) in [6.07, 6.45) is 4.12. The molecule has 6 rings (SSSR count). The van der Waals surface area contributed by atoms with Crippen LogP contribution >= 0.6 is 0 Å². The van der Waals surface area contributed by atoms with E-state index in [0.717, 1.165) is 6.20 Å². The first kappa shape index (κ1) is 21.8. The fourth-order valence-corrected chi connectivity index (χ4v) is 4.29. The van der Waals surface area contributed by atoms with Crippen LogP contribution in [0.4, 0.5) is 14.6 Å². The number of likely N-dealkylation sites (tertiary alicyclic amines) is 1. The number of aromatic nitrogens is 6. The summed E-state index contributed by atoms with van der Waals surface area (Å²) in [7, 11) is 0. The van der Waals surface area contributed by atoms with E-state index >= 15 is 0 Å². The lowest BCUT2D eigenvalue weighted by Crippen LogP contribution is -2.48. The number of carbonyl (C=O) groups is 1. The van der Waals surface area contributed by atoms with Crippen molar-refractivity contribution in [3.8, 4) is 11.5 Å². The normalized spacial score (nSPS) is 13.8. The molecule has 36 heavy (non-hydrogen) atoms. The number of nitrogens with two attached hydrogens (primary N) is 1. The van der Waals surface area contributed by atoms with Crippen LogP contribution in [0.2, 0.25) is 0 Å². The zero-order chi connectivity index (χ0) is 24.8. The highest BCUT2D eigenvalue weighted by molar-refractivity contribution is 5.95. The number of nitrogen functional groups attached to an aromatic ring is 1. The average Bonchev–Trinajstić information content (AvgIpc) is 3.44. The van der Waals surface area contributed by atoms with Crippen LogP contribution in [-0.4, -0.2) is 53.8 Å². The molecular formula is C24H18F2N8O2. The van der Waals surface area contributed by atoms with Gasteiger partial charge in [-0.25, -0.2) is 13.8 Å². The van der Waals surface area contributed by atoms with Crippen molar-refractivity contribution >= 4 is 22.6 Å². The summed E-state index contributed by atoms with van der Waals surface area (Å²) in [5, 5.41) is 8.87. The van der Waals surface area contributed by atoms with Crippen LogP contribution in [-0.2, 0) is 6.54 Å². The second kappa shape index (κ2) is 8.48. The van der Waals surface area contributed by atoms with Crippen LogP contribution in [0.15, 0.2) is 59.5 Å². The smallest absolute Gasteiger partial charge is 0.260 e. The van der Waals surface area contributed by atoms with Crippen molar-refractivity contribution in [2.24, 2.45) is 0 Å². The van der Waals surface area contributed by atoms with Gasteiger partial charge in [-0.3, -0.25) is 14.5 Å². The summed E-state index contributed by atoms with van der Waals surface area (Å²) in [6, 6.07) is 9.19. The number of amides is 1. The van der Waals surface area contributed by atoms with Gasteiger partial charge in [-0.05, 0) is 24.3 Å². The Bertz CT molecular complexity index is 1610. The Morgan fingerprint density at radius 1 is 1.14 bits per heavy atom. The minimum Gasteiger partial charge on any atom is -0.384 e. The van der Waals surface area contributed by atoms with Crippen molar-refractivity contribution in [2.45, 2.75) is 12.5 Å². The van der Waals surface area contributed by atoms with Gasteiger partial charge in [0.05, 0.1) is 34.6 Å². The maximum absolute atomic E-state index is 14.8. The Morgan fingerprint density at radius 2 is 1.97 bits per heavy atom. The largest absolute Gasteiger partial charge is 0.384 e. The van der Waals surface area contributed by atoms with Crippen LogP contribution in [0.3, 0.4) is 0 Å². The molecule has 12 heteroatoms. The SMILES string of the molecule is Nc1cc(C(=O)N2CC(c3nn(Cc4noc(-c5ccccc5F)n4)c4cncc(F)c34)C2)ccn1. The molecule has 0 atom stereocenters. The van der Waals surface area contributed by atoms with E-state index < -0.39 is 11.6 Å².